The van der Waals surface area contributed by atoms with Gasteiger partial charge in [0, 0.05) is 38.0 Å². The monoisotopic (exact) mass is 701 g/mol. The molecule has 4 aromatic heterocycles. The number of pyridine rings is 1. The number of para-hydroxylation sites is 4. The van der Waals surface area contributed by atoms with Crippen LogP contribution < -0.4 is 0 Å². The van der Waals surface area contributed by atoms with E-state index in [0.717, 1.165) is 55.4 Å². The van der Waals surface area contributed by atoms with E-state index in [1.165, 1.54) is 54.8 Å². The second-order valence-corrected chi connectivity index (χ2v) is 14.3. The summed E-state index contributed by atoms with van der Waals surface area (Å²) in [5.41, 5.74) is 15.1. The highest BCUT2D eigenvalue weighted by molar-refractivity contribution is 6.17. The van der Waals surface area contributed by atoms with E-state index in [-0.39, 0.29) is 0 Å². The molecule has 55 heavy (non-hydrogen) atoms. The zero-order chi connectivity index (χ0) is 36.0. The van der Waals surface area contributed by atoms with Gasteiger partial charge in [-0.05, 0) is 89.0 Å². The van der Waals surface area contributed by atoms with Gasteiger partial charge < -0.3 is 13.6 Å². The lowest BCUT2D eigenvalue weighted by molar-refractivity contribution is 0.666. The molecule has 0 N–H and O–H groups in total. The van der Waals surface area contributed by atoms with Crippen LogP contribution in [0, 0.1) is 0 Å². The Bertz CT molecular complexity index is 3480. The number of rotatable bonds is 4. The van der Waals surface area contributed by atoms with Crippen LogP contribution in [0.5, 0.6) is 0 Å². The molecule has 0 saturated carbocycles. The molecule has 256 valence electrons. The molecule has 12 rings (SSSR count). The van der Waals surface area contributed by atoms with Crippen molar-refractivity contribution in [3.8, 4) is 33.6 Å². The van der Waals surface area contributed by atoms with Gasteiger partial charge in [-0.25, -0.2) is 4.98 Å². The third kappa shape index (κ3) is 4.43. The summed E-state index contributed by atoms with van der Waals surface area (Å²) >= 11 is 0. The Morgan fingerprint density at radius 3 is 1.58 bits per heavy atom. The average Bonchev–Trinajstić information content (AvgIpc) is 3.90. The molecule has 0 atom stereocenters. The fourth-order valence-electron chi connectivity index (χ4n) is 8.80. The van der Waals surface area contributed by atoms with Crippen molar-refractivity contribution in [2.75, 3.05) is 0 Å². The van der Waals surface area contributed by atoms with Gasteiger partial charge in [0.15, 0.2) is 5.58 Å². The van der Waals surface area contributed by atoms with E-state index < -0.39 is 0 Å². The van der Waals surface area contributed by atoms with Crippen molar-refractivity contribution in [1.82, 2.24) is 14.1 Å². The van der Waals surface area contributed by atoms with Gasteiger partial charge in [0.05, 0.1) is 27.6 Å². The molecule has 0 aliphatic rings. The summed E-state index contributed by atoms with van der Waals surface area (Å²) in [5.74, 6) is 0. The summed E-state index contributed by atoms with van der Waals surface area (Å²) in [6.07, 6.45) is 0. The molecule has 0 fully saturated rings. The van der Waals surface area contributed by atoms with E-state index in [9.17, 15) is 0 Å². The van der Waals surface area contributed by atoms with Crippen LogP contribution in [-0.2, 0) is 0 Å². The first-order valence-electron chi connectivity index (χ1n) is 18.7. The fraction of sp³-hybridized carbons (Fsp3) is 0. The van der Waals surface area contributed by atoms with Gasteiger partial charge in [-0.3, -0.25) is 0 Å². The number of hydrogen-bond donors (Lipinski definition) is 0. The Morgan fingerprint density at radius 1 is 0.364 bits per heavy atom. The van der Waals surface area contributed by atoms with E-state index in [1.54, 1.807) is 0 Å². The molecule has 0 saturated heterocycles. The molecule has 12 aromatic rings. The van der Waals surface area contributed by atoms with Gasteiger partial charge in [-0.1, -0.05) is 121 Å². The maximum atomic E-state index is 6.66. The molecular formula is C51H31N3O. The van der Waals surface area contributed by atoms with Crippen LogP contribution in [0.15, 0.2) is 192 Å². The lowest BCUT2D eigenvalue weighted by Crippen LogP contribution is -1.97. The molecule has 8 aromatic carbocycles. The minimum atomic E-state index is 0.795. The number of furan rings is 1. The van der Waals surface area contributed by atoms with Crippen molar-refractivity contribution in [1.29, 1.82) is 0 Å². The van der Waals surface area contributed by atoms with Crippen LogP contribution in [0.3, 0.4) is 0 Å². The summed E-state index contributed by atoms with van der Waals surface area (Å²) in [7, 11) is 0. The largest absolute Gasteiger partial charge is 0.452 e. The van der Waals surface area contributed by atoms with Crippen molar-refractivity contribution in [2.24, 2.45) is 0 Å². The van der Waals surface area contributed by atoms with Gasteiger partial charge >= 0.3 is 0 Å². The summed E-state index contributed by atoms with van der Waals surface area (Å²) in [6, 6.07) is 67.3. The van der Waals surface area contributed by atoms with Crippen molar-refractivity contribution < 1.29 is 4.42 Å². The lowest BCUT2D eigenvalue weighted by Gasteiger charge is -2.12. The lowest BCUT2D eigenvalue weighted by atomic mass is 10.0. The van der Waals surface area contributed by atoms with E-state index in [0.29, 0.717) is 0 Å². The average molecular weight is 702 g/mol. The minimum absolute atomic E-state index is 0.795. The summed E-state index contributed by atoms with van der Waals surface area (Å²) in [5, 5.41) is 6.94. The van der Waals surface area contributed by atoms with Gasteiger partial charge in [0.25, 0.3) is 0 Å². The SMILES string of the molecule is c1ccc(-c2ccc(-n3c4ccccc4c4cc(-c5ccc6c(c5)c5ccccc5n6-c5c6ccccc6nc6c5oc5ccccc56)ccc43)cc2)cc1. The normalized spacial score (nSPS) is 12.0. The van der Waals surface area contributed by atoms with E-state index in [1.807, 2.05) is 18.2 Å². The topological polar surface area (TPSA) is 35.9 Å². The molecule has 0 aliphatic heterocycles. The Labute approximate surface area is 315 Å². The Hall–Kier alpha value is -7.43. The van der Waals surface area contributed by atoms with Crippen LogP contribution in [0.4, 0.5) is 0 Å². The molecule has 4 heterocycles. The number of aromatic nitrogens is 3. The molecule has 0 amide bonds. The standard InChI is InChI=1S/C51H31N3O/c1-2-12-32(13-3-1)33-22-26-36(27-23-33)53-44-19-9-5-14-37(44)41-30-34(24-28-46(41)53)35-25-29-47-42(31-35)38-15-6-10-20-45(38)54(47)50-39-16-4-8-18-43(39)52-49-40-17-7-11-21-48(40)55-51(49)50/h1-31H. The first-order chi connectivity index (χ1) is 27.3. The van der Waals surface area contributed by atoms with Gasteiger partial charge in [-0.15, -0.1) is 0 Å². The van der Waals surface area contributed by atoms with Gasteiger partial charge in [0.2, 0.25) is 0 Å². The molecule has 0 radical (unpaired) electrons. The third-order valence-electron chi connectivity index (χ3n) is 11.3. The van der Waals surface area contributed by atoms with Crippen molar-refractivity contribution in [2.45, 2.75) is 0 Å². The Kier molecular flexibility index (Phi) is 6.31. The zero-order valence-electron chi connectivity index (χ0n) is 29.6. The van der Waals surface area contributed by atoms with Crippen molar-refractivity contribution in [3.63, 3.8) is 0 Å². The minimum Gasteiger partial charge on any atom is -0.452 e. The molecule has 0 unspecified atom stereocenters. The summed E-state index contributed by atoms with van der Waals surface area (Å²) in [4.78, 5) is 5.13. The predicted octanol–water partition coefficient (Wildman–Crippen LogP) is 13.7. The quantitative estimate of drug-likeness (QED) is 0.183. The van der Waals surface area contributed by atoms with Crippen molar-refractivity contribution >= 4 is 76.6 Å². The third-order valence-corrected chi connectivity index (χ3v) is 11.3. The first kappa shape index (κ1) is 30.1. The fourth-order valence-corrected chi connectivity index (χ4v) is 8.80. The molecule has 0 spiro atoms. The van der Waals surface area contributed by atoms with Crippen LogP contribution >= 0.6 is 0 Å². The Morgan fingerprint density at radius 2 is 0.873 bits per heavy atom. The molecule has 4 heteroatoms. The van der Waals surface area contributed by atoms with Crippen LogP contribution in [0.2, 0.25) is 0 Å². The number of nitrogens with zero attached hydrogens (tertiary/aromatic N) is 3. The predicted molar refractivity (Wildman–Crippen MR) is 229 cm³/mol. The van der Waals surface area contributed by atoms with Crippen LogP contribution in [0.1, 0.15) is 0 Å². The van der Waals surface area contributed by atoms with Crippen LogP contribution in [0.25, 0.3) is 110 Å². The van der Waals surface area contributed by atoms with Crippen LogP contribution in [-0.4, -0.2) is 14.1 Å². The molecule has 0 aliphatic carbocycles. The first-order valence-corrected chi connectivity index (χ1v) is 18.7. The maximum Gasteiger partial charge on any atom is 0.178 e. The molecule has 0 bridgehead atoms. The van der Waals surface area contributed by atoms with Crippen molar-refractivity contribution in [3.05, 3.63) is 188 Å². The highest BCUT2D eigenvalue weighted by Crippen LogP contribution is 2.42. The smallest absolute Gasteiger partial charge is 0.178 e. The van der Waals surface area contributed by atoms with E-state index in [4.69, 9.17) is 9.40 Å². The molecule has 4 nitrogen and oxygen atoms in total. The number of hydrogen-bond acceptors (Lipinski definition) is 2. The Balaban J connectivity index is 1.05. The summed E-state index contributed by atoms with van der Waals surface area (Å²) in [6.45, 7) is 0. The second kappa shape index (κ2) is 11.5. The summed E-state index contributed by atoms with van der Waals surface area (Å²) < 4.78 is 11.4. The number of fused-ring (bicyclic) bond motifs is 10. The van der Waals surface area contributed by atoms with Gasteiger partial charge in [0.1, 0.15) is 16.8 Å². The van der Waals surface area contributed by atoms with Gasteiger partial charge in [-0.2, -0.15) is 0 Å². The maximum absolute atomic E-state index is 6.66. The number of benzene rings is 8. The van der Waals surface area contributed by atoms with E-state index in [2.05, 4.69) is 179 Å². The van der Waals surface area contributed by atoms with E-state index >= 15 is 0 Å². The highest BCUT2D eigenvalue weighted by Gasteiger charge is 2.22. The second-order valence-electron chi connectivity index (χ2n) is 14.3. The molecular weight excluding hydrogens is 671 g/mol. The highest BCUT2D eigenvalue weighted by atomic mass is 16.3. The zero-order valence-corrected chi connectivity index (χ0v) is 29.6.